The molecule has 1 aromatic rings. The van der Waals surface area contributed by atoms with Crippen LogP contribution in [0.5, 0.6) is 0 Å². The molecule has 4 nitrogen and oxygen atoms in total. The van der Waals surface area contributed by atoms with Crippen molar-refractivity contribution in [2.24, 2.45) is 5.73 Å². The quantitative estimate of drug-likeness (QED) is 0.882. The molecule has 0 aromatic heterocycles. The van der Waals surface area contributed by atoms with Crippen molar-refractivity contribution in [1.82, 2.24) is 4.31 Å². The molecular formula is C11H19ClN2O2S. The zero-order valence-corrected chi connectivity index (χ0v) is 11.7. The second kappa shape index (κ2) is 6.96. The predicted molar refractivity (Wildman–Crippen MR) is 71.9 cm³/mol. The molecule has 17 heavy (non-hydrogen) atoms. The first kappa shape index (κ1) is 16.4. The van der Waals surface area contributed by atoms with Crippen molar-refractivity contribution < 1.29 is 8.42 Å². The maximum atomic E-state index is 11.8. The average Bonchev–Trinajstić information content (AvgIpc) is 2.26. The summed E-state index contributed by atoms with van der Waals surface area (Å²) in [6, 6.07) is 6.96. The first-order valence-corrected chi connectivity index (χ1v) is 6.64. The van der Waals surface area contributed by atoms with Gasteiger partial charge in [0.05, 0.1) is 4.90 Å². The summed E-state index contributed by atoms with van der Waals surface area (Å²) < 4.78 is 24.7. The highest BCUT2D eigenvalue weighted by atomic mass is 35.5. The Balaban J connectivity index is 0.00000256. The van der Waals surface area contributed by atoms with Gasteiger partial charge in [0.2, 0.25) is 10.0 Å². The van der Waals surface area contributed by atoms with Crippen LogP contribution in [0.3, 0.4) is 0 Å². The Morgan fingerprint density at radius 3 is 2.12 bits per heavy atom. The van der Waals surface area contributed by atoms with Gasteiger partial charge in [-0.05, 0) is 37.1 Å². The second-order valence-corrected chi connectivity index (χ2v) is 5.98. The van der Waals surface area contributed by atoms with E-state index in [1.54, 1.807) is 12.1 Å². The van der Waals surface area contributed by atoms with Crippen LogP contribution >= 0.6 is 12.4 Å². The third-order valence-corrected chi connectivity index (χ3v) is 4.20. The van der Waals surface area contributed by atoms with Crippen molar-refractivity contribution in [2.45, 2.75) is 17.7 Å². The van der Waals surface area contributed by atoms with E-state index < -0.39 is 10.0 Å². The lowest BCUT2D eigenvalue weighted by atomic mass is 10.1. The third kappa shape index (κ3) is 4.27. The number of nitrogens with zero attached hydrogens (tertiary/aromatic N) is 1. The van der Waals surface area contributed by atoms with Gasteiger partial charge in [-0.1, -0.05) is 12.1 Å². The molecule has 0 atom stereocenters. The van der Waals surface area contributed by atoms with Crippen LogP contribution in [0, 0.1) is 0 Å². The van der Waals surface area contributed by atoms with Crippen molar-refractivity contribution in [3.05, 3.63) is 29.8 Å². The molecule has 0 amide bonds. The molecule has 98 valence electrons. The Labute approximate surface area is 109 Å². The van der Waals surface area contributed by atoms with Gasteiger partial charge in [-0.3, -0.25) is 0 Å². The molecule has 0 radical (unpaired) electrons. The van der Waals surface area contributed by atoms with Crippen LogP contribution in [0.4, 0.5) is 0 Å². The summed E-state index contributed by atoms with van der Waals surface area (Å²) in [5.74, 6) is 0. The normalized spacial score (nSPS) is 11.3. The van der Waals surface area contributed by atoms with Crippen molar-refractivity contribution in [3.8, 4) is 0 Å². The lowest BCUT2D eigenvalue weighted by Gasteiger charge is -2.11. The molecule has 0 saturated heterocycles. The number of hydrogen-bond acceptors (Lipinski definition) is 3. The van der Waals surface area contributed by atoms with Crippen LogP contribution in [0.25, 0.3) is 0 Å². The third-order valence-electron chi connectivity index (χ3n) is 2.37. The van der Waals surface area contributed by atoms with Crippen LogP contribution in [0.15, 0.2) is 29.2 Å². The second-order valence-electron chi connectivity index (χ2n) is 3.82. The number of sulfonamides is 1. The van der Waals surface area contributed by atoms with E-state index in [2.05, 4.69) is 0 Å². The molecule has 0 fully saturated rings. The van der Waals surface area contributed by atoms with Crippen LogP contribution in [0.1, 0.15) is 12.0 Å². The highest BCUT2D eigenvalue weighted by molar-refractivity contribution is 7.89. The Kier molecular flexibility index (Phi) is 6.70. The monoisotopic (exact) mass is 278 g/mol. The number of benzene rings is 1. The molecule has 0 bridgehead atoms. The molecule has 1 aromatic carbocycles. The maximum absolute atomic E-state index is 11.8. The highest BCUT2D eigenvalue weighted by Crippen LogP contribution is 2.14. The smallest absolute Gasteiger partial charge is 0.242 e. The van der Waals surface area contributed by atoms with Gasteiger partial charge in [-0.2, -0.15) is 0 Å². The van der Waals surface area contributed by atoms with Gasteiger partial charge in [0.1, 0.15) is 0 Å². The Morgan fingerprint density at radius 1 is 1.18 bits per heavy atom. The lowest BCUT2D eigenvalue weighted by Crippen LogP contribution is -2.22. The standard InChI is InChI=1S/C11H18N2O2S.ClH/c1-13(2)16(14,15)11-7-5-10(6-8-11)4-3-9-12;/h5-8H,3-4,9,12H2,1-2H3;1H. The molecule has 0 heterocycles. The molecule has 0 aliphatic heterocycles. The fourth-order valence-corrected chi connectivity index (χ4v) is 2.25. The van der Waals surface area contributed by atoms with E-state index in [9.17, 15) is 8.42 Å². The maximum Gasteiger partial charge on any atom is 0.242 e. The minimum Gasteiger partial charge on any atom is -0.330 e. The van der Waals surface area contributed by atoms with Gasteiger partial charge in [-0.25, -0.2) is 12.7 Å². The van der Waals surface area contributed by atoms with Crippen molar-refractivity contribution >= 4 is 22.4 Å². The minimum atomic E-state index is -3.31. The minimum absolute atomic E-state index is 0. The van der Waals surface area contributed by atoms with Crippen LogP contribution in [-0.2, 0) is 16.4 Å². The van der Waals surface area contributed by atoms with E-state index in [1.165, 1.54) is 18.4 Å². The molecule has 0 aliphatic rings. The van der Waals surface area contributed by atoms with Gasteiger partial charge >= 0.3 is 0 Å². The van der Waals surface area contributed by atoms with E-state index in [0.717, 1.165) is 18.4 Å². The number of nitrogens with two attached hydrogens (primary N) is 1. The van der Waals surface area contributed by atoms with Crippen molar-refractivity contribution in [3.63, 3.8) is 0 Å². The number of hydrogen-bond donors (Lipinski definition) is 1. The summed E-state index contributed by atoms with van der Waals surface area (Å²) in [5, 5.41) is 0. The summed E-state index contributed by atoms with van der Waals surface area (Å²) in [7, 11) is -0.255. The van der Waals surface area contributed by atoms with Gasteiger partial charge in [0.25, 0.3) is 0 Å². The molecule has 0 aliphatic carbocycles. The average molecular weight is 279 g/mol. The molecule has 6 heteroatoms. The Bertz CT molecular complexity index is 429. The van der Waals surface area contributed by atoms with E-state index in [-0.39, 0.29) is 12.4 Å². The van der Waals surface area contributed by atoms with E-state index in [0.29, 0.717) is 11.4 Å². The van der Waals surface area contributed by atoms with Gasteiger partial charge in [0, 0.05) is 14.1 Å². The fourth-order valence-electron chi connectivity index (χ4n) is 1.35. The highest BCUT2D eigenvalue weighted by Gasteiger charge is 2.16. The van der Waals surface area contributed by atoms with Gasteiger partial charge < -0.3 is 5.73 Å². The van der Waals surface area contributed by atoms with Crippen LogP contribution in [0.2, 0.25) is 0 Å². The summed E-state index contributed by atoms with van der Waals surface area (Å²) in [6.07, 6.45) is 1.80. The van der Waals surface area contributed by atoms with E-state index in [4.69, 9.17) is 5.73 Å². The molecule has 0 unspecified atom stereocenters. The molecule has 0 spiro atoms. The number of rotatable bonds is 5. The zero-order chi connectivity index (χ0) is 12.2. The summed E-state index contributed by atoms with van der Waals surface area (Å²) in [4.78, 5) is 0.328. The Hall–Kier alpha value is -0.620. The number of halogens is 1. The van der Waals surface area contributed by atoms with Gasteiger partial charge in [-0.15, -0.1) is 12.4 Å². The predicted octanol–water partition coefficient (Wildman–Crippen LogP) is 1.25. The topological polar surface area (TPSA) is 63.4 Å². The summed E-state index contributed by atoms with van der Waals surface area (Å²) in [5.41, 5.74) is 6.53. The van der Waals surface area contributed by atoms with Crippen LogP contribution in [-0.4, -0.2) is 33.4 Å². The van der Waals surface area contributed by atoms with E-state index >= 15 is 0 Å². The Morgan fingerprint density at radius 2 is 1.71 bits per heavy atom. The lowest BCUT2D eigenvalue weighted by molar-refractivity contribution is 0.520. The summed E-state index contributed by atoms with van der Waals surface area (Å²) in [6.45, 7) is 0.651. The summed E-state index contributed by atoms with van der Waals surface area (Å²) >= 11 is 0. The molecular weight excluding hydrogens is 260 g/mol. The van der Waals surface area contributed by atoms with Gasteiger partial charge in [0.15, 0.2) is 0 Å². The zero-order valence-electron chi connectivity index (χ0n) is 10.1. The molecule has 1 rings (SSSR count). The SMILES string of the molecule is CN(C)S(=O)(=O)c1ccc(CCCN)cc1.Cl. The van der Waals surface area contributed by atoms with Crippen molar-refractivity contribution in [1.29, 1.82) is 0 Å². The fraction of sp³-hybridized carbons (Fsp3) is 0.455. The van der Waals surface area contributed by atoms with Crippen LogP contribution < -0.4 is 5.73 Å². The van der Waals surface area contributed by atoms with Crippen molar-refractivity contribution in [2.75, 3.05) is 20.6 Å². The first-order valence-electron chi connectivity index (χ1n) is 5.20. The number of aryl methyl sites for hydroxylation is 1. The largest absolute Gasteiger partial charge is 0.330 e. The molecule has 0 saturated carbocycles. The van der Waals surface area contributed by atoms with E-state index in [1.807, 2.05) is 12.1 Å². The molecule has 2 N–H and O–H groups in total. The first-order chi connectivity index (χ1) is 7.48.